The van der Waals surface area contributed by atoms with Gasteiger partial charge in [-0.2, -0.15) is 0 Å². The molecule has 17 heavy (non-hydrogen) atoms. The molecule has 2 aliphatic carbocycles. The van der Waals surface area contributed by atoms with Crippen LogP contribution in [0.25, 0.3) is 0 Å². The molecular weight excluding hydrogens is 300 g/mol. The monoisotopic (exact) mass is 308 g/mol. The first-order valence-electron chi connectivity index (χ1n) is 5.16. The Morgan fingerprint density at radius 3 is 2.12 bits per heavy atom. The fraction of sp³-hybridized carbons (Fsp3) is 0.0714. The first kappa shape index (κ1) is 12.3. The lowest BCUT2D eigenvalue weighted by atomic mass is 10.1. The topological polar surface area (TPSA) is 17.1 Å². The lowest BCUT2D eigenvalue weighted by molar-refractivity contribution is 0.102. The number of benzene rings is 2. The van der Waals surface area contributed by atoms with E-state index < -0.39 is 0 Å². The molecule has 1 aromatic carbocycles. The van der Waals surface area contributed by atoms with E-state index in [0.717, 1.165) is 0 Å². The fourth-order valence-electron chi connectivity index (χ4n) is 1.44. The third-order valence-electron chi connectivity index (χ3n) is 2.50. The van der Waals surface area contributed by atoms with Gasteiger partial charge in [-0.05, 0) is 16.5 Å². The van der Waals surface area contributed by atoms with Crippen LogP contribution in [0.2, 0.25) is 0 Å². The van der Waals surface area contributed by atoms with Gasteiger partial charge in [0.15, 0.2) is 5.78 Å². The van der Waals surface area contributed by atoms with E-state index in [2.05, 4.69) is 34.1 Å². The molecule has 0 unspecified atom stereocenters. The standard InChI is InChI=1S/C8H7ClO.C6H3Br/c9-6-8(10)7-4-2-1-3-5-7;7-6-3-4-1-2-5(4)6/h1-5H,6H2;1-3H. The van der Waals surface area contributed by atoms with Crippen LogP contribution in [-0.2, 0) is 0 Å². The highest BCUT2D eigenvalue weighted by atomic mass is 79.9. The van der Waals surface area contributed by atoms with Crippen LogP contribution >= 0.6 is 27.5 Å². The second kappa shape index (κ2) is 5.48. The number of alkyl halides is 1. The molecule has 2 aliphatic rings. The Morgan fingerprint density at radius 2 is 1.82 bits per heavy atom. The number of halogens is 2. The maximum absolute atomic E-state index is 10.9. The highest BCUT2D eigenvalue weighted by Gasteiger charge is 2.00. The Kier molecular flexibility index (Phi) is 3.97. The molecule has 1 nitrogen and oxygen atoms in total. The van der Waals surface area contributed by atoms with Crippen molar-refractivity contribution < 1.29 is 4.79 Å². The number of Topliss-reactive ketones (excluding diaryl/α,β-unsaturated/α-hetero) is 1. The van der Waals surface area contributed by atoms with E-state index in [1.165, 1.54) is 14.9 Å². The van der Waals surface area contributed by atoms with E-state index >= 15 is 0 Å². The summed E-state index contributed by atoms with van der Waals surface area (Å²) in [6.07, 6.45) is 0. The zero-order valence-electron chi connectivity index (χ0n) is 8.99. The van der Waals surface area contributed by atoms with Gasteiger partial charge in [-0.25, -0.2) is 0 Å². The highest BCUT2D eigenvalue weighted by Crippen LogP contribution is 2.20. The molecule has 0 amide bonds. The first-order chi connectivity index (χ1) is 8.22. The van der Waals surface area contributed by atoms with E-state index in [1.807, 2.05) is 18.2 Å². The predicted molar refractivity (Wildman–Crippen MR) is 73.3 cm³/mol. The fourth-order valence-corrected chi connectivity index (χ4v) is 2.21. The number of hydrogen-bond acceptors (Lipinski definition) is 1. The minimum Gasteiger partial charge on any atom is -0.293 e. The maximum Gasteiger partial charge on any atom is 0.177 e. The van der Waals surface area contributed by atoms with E-state index in [-0.39, 0.29) is 11.7 Å². The molecule has 86 valence electrons. The summed E-state index contributed by atoms with van der Waals surface area (Å²) in [5.74, 6) is 0.0339. The summed E-state index contributed by atoms with van der Waals surface area (Å²) in [4.78, 5) is 10.9. The highest BCUT2D eigenvalue weighted by molar-refractivity contribution is 9.10. The van der Waals surface area contributed by atoms with Crippen molar-refractivity contribution >= 4 is 33.3 Å². The Bertz CT molecular complexity index is 622. The molecule has 1 aromatic rings. The van der Waals surface area contributed by atoms with Crippen molar-refractivity contribution in [2.24, 2.45) is 0 Å². The third kappa shape index (κ3) is 2.76. The number of carbonyl (C=O) groups is 1. The van der Waals surface area contributed by atoms with Gasteiger partial charge in [0.1, 0.15) is 0 Å². The van der Waals surface area contributed by atoms with Crippen LogP contribution < -0.4 is 0 Å². The Labute approximate surface area is 113 Å². The molecule has 0 spiro atoms. The second-order valence-corrected chi connectivity index (χ2v) is 4.74. The van der Waals surface area contributed by atoms with Gasteiger partial charge in [0.2, 0.25) is 0 Å². The predicted octanol–water partition coefficient (Wildman–Crippen LogP) is 4.16. The van der Waals surface area contributed by atoms with Crippen molar-refractivity contribution in [2.75, 3.05) is 5.88 Å². The largest absolute Gasteiger partial charge is 0.293 e. The normalized spacial score (nSPS) is 10.2. The van der Waals surface area contributed by atoms with Crippen molar-refractivity contribution in [1.29, 1.82) is 0 Å². The van der Waals surface area contributed by atoms with Crippen molar-refractivity contribution in [1.82, 2.24) is 0 Å². The molecule has 0 aromatic heterocycles. The Balaban J connectivity index is 0.000000134. The van der Waals surface area contributed by atoms with Crippen LogP contribution in [-0.4, -0.2) is 11.7 Å². The molecule has 3 rings (SSSR count). The SMILES string of the molecule is Brc1cc2ccc1=2.O=C(CCl)c1ccccc1. The average Bonchev–Trinajstić information content (AvgIpc) is 2.36. The molecular formula is C14H10BrClO. The van der Waals surface area contributed by atoms with Gasteiger partial charge in [-0.3, -0.25) is 4.79 Å². The Morgan fingerprint density at radius 1 is 1.12 bits per heavy atom. The Hall–Kier alpha value is -1.12. The number of ketones is 1. The van der Waals surface area contributed by atoms with Crippen molar-refractivity contribution in [2.45, 2.75) is 0 Å². The minimum atomic E-state index is -0.0257. The smallest absolute Gasteiger partial charge is 0.177 e. The molecule has 3 heteroatoms. The molecule has 0 saturated carbocycles. The van der Waals surface area contributed by atoms with Gasteiger partial charge >= 0.3 is 0 Å². The summed E-state index contributed by atoms with van der Waals surface area (Å²) < 4.78 is 1.25. The number of hydrogen-bond donors (Lipinski definition) is 0. The molecule has 0 N–H and O–H groups in total. The van der Waals surface area contributed by atoms with E-state index in [1.54, 1.807) is 12.1 Å². The van der Waals surface area contributed by atoms with Gasteiger partial charge in [-0.1, -0.05) is 58.4 Å². The van der Waals surface area contributed by atoms with Gasteiger partial charge in [-0.15, -0.1) is 11.6 Å². The summed E-state index contributed by atoms with van der Waals surface area (Å²) in [6, 6.07) is 15.4. The molecule has 0 heterocycles. The van der Waals surface area contributed by atoms with E-state index in [0.29, 0.717) is 5.56 Å². The molecule has 0 atom stereocenters. The quantitative estimate of drug-likeness (QED) is 0.513. The molecule has 0 aliphatic heterocycles. The average molecular weight is 310 g/mol. The van der Waals surface area contributed by atoms with Gasteiger partial charge in [0, 0.05) is 10.0 Å². The minimum absolute atomic E-state index is 0.0257. The van der Waals surface area contributed by atoms with Gasteiger partial charge in [0.25, 0.3) is 0 Å². The summed E-state index contributed by atoms with van der Waals surface area (Å²) in [5.41, 5.74) is 0.678. The summed E-state index contributed by atoms with van der Waals surface area (Å²) in [7, 11) is 0. The van der Waals surface area contributed by atoms with E-state index in [9.17, 15) is 4.79 Å². The van der Waals surface area contributed by atoms with E-state index in [4.69, 9.17) is 11.6 Å². The maximum atomic E-state index is 10.9. The summed E-state index contributed by atoms with van der Waals surface area (Å²) >= 11 is 8.71. The number of carbonyl (C=O) groups excluding carboxylic acids is 1. The second-order valence-electron chi connectivity index (χ2n) is 3.62. The summed E-state index contributed by atoms with van der Waals surface area (Å²) in [6.45, 7) is 0. The van der Waals surface area contributed by atoms with Gasteiger partial charge < -0.3 is 0 Å². The van der Waals surface area contributed by atoms with Crippen LogP contribution in [0, 0.1) is 10.4 Å². The van der Waals surface area contributed by atoms with Crippen LogP contribution in [0.15, 0.2) is 53.0 Å². The lowest BCUT2D eigenvalue weighted by Crippen LogP contribution is -1.98. The summed E-state index contributed by atoms with van der Waals surface area (Å²) in [5, 5.41) is 2.78. The molecule has 0 saturated heterocycles. The molecule has 0 fully saturated rings. The molecule has 0 radical (unpaired) electrons. The zero-order valence-corrected chi connectivity index (χ0v) is 11.3. The third-order valence-corrected chi connectivity index (χ3v) is 3.40. The van der Waals surface area contributed by atoms with Crippen molar-refractivity contribution in [3.05, 3.63) is 69.0 Å². The van der Waals surface area contributed by atoms with Crippen LogP contribution in [0.3, 0.4) is 0 Å². The molecule has 0 bridgehead atoms. The lowest BCUT2D eigenvalue weighted by Gasteiger charge is -2.02. The van der Waals surface area contributed by atoms with Crippen LogP contribution in [0.4, 0.5) is 0 Å². The first-order valence-corrected chi connectivity index (χ1v) is 6.49. The number of rotatable bonds is 2. The zero-order chi connectivity index (χ0) is 12.3. The van der Waals surface area contributed by atoms with Crippen LogP contribution in [0.5, 0.6) is 0 Å². The van der Waals surface area contributed by atoms with Gasteiger partial charge in [0.05, 0.1) is 5.88 Å². The van der Waals surface area contributed by atoms with Crippen molar-refractivity contribution in [3.8, 4) is 0 Å². The van der Waals surface area contributed by atoms with Crippen molar-refractivity contribution in [3.63, 3.8) is 0 Å². The van der Waals surface area contributed by atoms with Crippen LogP contribution in [0.1, 0.15) is 10.4 Å².